The summed E-state index contributed by atoms with van der Waals surface area (Å²) in [6.45, 7) is 4.07. The second kappa shape index (κ2) is 6.68. The quantitative estimate of drug-likeness (QED) is 0.703. The van der Waals surface area contributed by atoms with Crippen LogP contribution in [0.4, 0.5) is 0 Å². The normalized spacial score (nSPS) is 9.84. The number of carbonyl (C=O) groups is 3. The van der Waals surface area contributed by atoms with E-state index in [2.05, 4.69) is 0 Å². The molecule has 19 heavy (non-hydrogen) atoms. The van der Waals surface area contributed by atoms with Crippen molar-refractivity contribution in [3.8, 4) is 11.5 Å². The molecule has 0 aliphatic rings. The monoisotopic (exact) mass is 264 g/mol. The Hall–Kier alpha value is -2.17. The highest BCUT2D eigenvalue weighted by molar-refractivity contribution is 5.95. The summed E-state index contributed by atoms with van der Waals surface area (Å²) >= 11 is 0. The number of ketones is 3. The molecule has 0 aliphatic heterocycles. The van der Waals surface area contributed by atoms with Crippen molar-refractivity contribution in [1.29, 1.82) is 0 Å². The molecule has 0 saturated heterocycles. The van der Waals surface area contributed by atoms with Gasteiger partial charge >= 0.3 is 0 Å². The summed E-state index contributed by atoms with van der Waals surface area (Å²) in [7, 11) is 0. The van der Waals surface area contributed by atoms with Gasteiger partial charge in [-0.1, -0.05) is 0 Å². The zero-order valence-electron chi connectivity index (χ0n) is 11.2. The molecule has 5 heteroatoms. The third-order valence-electron chi connectivity index (χ3n) is 2.17. The third kappa shape index (κ3) is 5.33. The minimum absolute atomic E-state index is 0.0759. The molecular weight excluding hydrogens is 248 g/mol. The average Bonchev–Trinajstić information content (AvgIpc) is 2.33. The van der Waals surface area contributed by atoms with E-state index in [9.17, 15) is 14.4 Å². The molecule has 0 fully saturated rings. The van der Waals surface area contributed by atoms with Crippen molar-refractivity contribution in [2.24, 2.45) is 0 Å². The van der Waals surface area contributed by atoms with E-state index in [4.69, 9.17) is 9.47 Å². The molecule has 0 spiro atoms. The summed E-state index contributed by atoms with van der Waals surface area (Å²) in [6, 6.07) is 4.61. The highest BCUT2D eigenvalue weighted by Crippen LogP contribution is 2.23. The first-order valence-electron chi connectivity index (χ1n) is 5.79. The smallest absolute Gasteiger partial charge is 0.167 e. The molecule has 5 nitrogen and oxygen atoms in total. The van der Waals surface area contributed by atoms with Crippen LogP contribution in [0, 0.1) is 0 Å². The van der Waals surface area contributed by atoms with Crippen molar-refractivity contribution in [3.05, 3.63) is 23.8 Å². The highest BCUT2D eigenvalue weighted by Gasteiger charge is 2.08. The highest BCUT2D eigenvalue weighted by atomic mass is 16.5. The van der Waals surface area contributed by atoms with Crippen LogP contribution in [0.5, 0.6) is 11.5 Å². The average molecular weight is 264 g/mol. The van der Waals surface area contributed by atoms with E-state index in [-0.39, 0.29) is 30.6 Å². The largest absolute Gasteiger partial charge is 0.486 e. The fraction of sp³-hybridized carbons (Fsp3) is 0.357. The lowest BCUT2D eigenvalue weighted by molar-refractivity contribution is -0.119. The first-order valence-corrected chi connectivity index (χ1v) is 5.79. The van der Waals surface area contributed by atoms with E-state index in [1.54, 1.807) is 6.07 Å². The lowest BCUT2D eigenvalue weighted by Gasteiger charge is -2.10. The van der Waals surface area contributed by atoms with E-state index in [0.29, 0.717) is 17.1 Å². The van der Waals surface area contributed by atoms with Crippen molar-refractivity contribution in [2.45, 2.75) is 20.8 Å². The Morgan fingerprint density at radius 1 is 0.842 bits per heavy atom. The molecule has 0 aromatic heterocycles. The Balaban J connectivity index is 2.93. The number of carbonyl (C=O) groups excluding carboxylic acids is 3. The second-order valence-corrected chi connectivity index (χ2v) is 4.23. The van der Waals surface area contributed by atoms with Gasteiger partial charge in [-0.15, -0.1) is 0 Å². The zero-order chi connectivity index (χ0) is 14.4. The number of rotatable bonds is 7. The summed E-state index contributed by atoms with van der Waals surface area (Å²) in [5.41, 5.74) is 0.402. The van der Waals surface area contributed by atoms with Gasteiger partial charge in [-0.2, -0.15) is 0 Å². The van der Waals surface area contributed by atoms with Crippen molar-refractivity contribution >= 4 is 17.3 Å². The molecule has 0 heterocycles. The minimum atomic E-state index is -0.152. The molecule has 0 bridgehead atoms. The summed E-state index contributed by atoms with van der Waals surface area (Å²) in [5, 5.41) is 0. The van der Waals surface area contributed by atoms with E-state index < -0.39 is 0 Å². The molecule has 1 rings (SSSR count). The topological polar surface area (TPSA) is 69.7 Å². The van der Waals surface area contributed by atoms with Crippen LogP contribution in [-0.4, -0.2) is 30.6 Å². The van der Waals surface area contributed by atoms with E-state index in [0.717, 1.165) is 0 Å². The Bertz CT molecular complexity index is 468. The number of Topliss-reactive ketones (excluding diaryl/α,β-unsaturated/α-hetero) is 3. The fourth-order valence-electron chi connectivity index (χ4n) is 1.31. The SMILES string of the molecule is CC(=O)COc1cc(OCC(C)=O)cc(C(C)=O)c1. The van der Waals surface area contributed by atoms with Crippen LogP contribution in [0.25, 0.3) is 0 Å². The standard InChI is InChI=1S/C14H16O5/c1-9(15)7-18-13-4-12(11(3)17)5-14(6-13)19-8-10(2)16/h4-6H,7-8H2,1-3H3. The van der Waals surface area contributed by atoms with E-state index >= 15 is 0 Å². The van der Waals surface area contributed by atoms with E-state index in [1.807, 2.05) is 0 Å². The summed E-state index contributed by atoms with van der Waals surface area (Å²) in [4.78, 5) is 33.1. The van der Waals surface area contributed by atoms with Crippen molar-refractivity contribution in [3.63, 3.8) is 0 Å². The zero-order valence-corrected chi connectivity index (χ0v) is 11.2. The van der Waals surface area contributed by atoms with Gasteiger partial charge < -0.3 is 9.47 Å². The second-order valence-electron chi connectivity index (χ2n) is 4.23. The molecule has 0 radical (unpaired) electrons. The summed E-state index contributed by atoms with van der Waals surface area (Å²) in [6.07, 6.45) is 0. The molecule has 102 valence electrons. The van der Waals surface area contributed by atoms with Crippen LogP contribution >= 0.6 is 0 Å². The fourth-order valence-corrected chi connectivity index (χ4v) is 1.31. The van der Waals surface area contributed by atoms with Crippen LogP contribution < -0.4 is 9.47 Å². The van der Waals surface area contributed by atoms with Gasteiger partial charge in [0.15, 0.2) is 17.3 Å². The lowest BCUT2D eigenvalue weighted by atomic mass is 10.1. The maximum absolute atomic E-state index is 11.4. The van der Waals surface area contributed by atoms with Gasteiger partial charge in [0.05, 0.1) is 0 Å². The Morgan fingerprint density at radius 3 is 1.58 bits per heavy atom. The third-order valence-corrected chi connectivity index (χ3v) is 2.17. The minimum Gasteiger partial charge on any atom is -0.486 e. The van der Waals surface area contributed by atoms with Crippen LogP contribution in [0.2, 0.25) is 0 Å². The van der Waals surface area contributed by atoms with Crippen LogP contribution in [0.15, 0.2) is 18.2 Å². The first-order chi connectivity index (χ1) is 8.88. The molecular formula is C14H16O5. The maximum Gasteiger partial charge on any atom is 0.167 e. The Morgan fingerprint density at radius 2 is 1.26 bits per heavy atom. The van der Waals surface area contributed by atoms with Crippen molar-refractivity contribution < 1.29 is 23.9 Å². The van der Waals surface area contributed by atoms with Gasteiger partial charge in [0.1, 0.15) is 24.7 Å². The summed E-state index contributed by atoms with van der Waals surface area (Å²) < 4.78 is 10.5. The molecule has 0 saturated carbocycles. The predicted octanol–water partition coefficient (Wildman–Crippen LogP) is 1.82. The molecule has 0 atom stereocenters. The molecule has 0 N–H and O–H groups in total. The number of ether oxygens (including phenoxy) is 2. The van der Waals surface area contributed by atoms with Gasteiger partial charge in [0.25, 0.3) is 0 Å². The number of benzene rings is 1. The Labute approximate surface area is 111 Å². The first kappa shape index (κ1) is 14.9. The van der Waals surface area contributed by atoms with Crippen LogP contribution in [0.1, 0.15) is 31.1 Å². The number of hydrogen-bond acceptors (Lipinski definition) is 5. The Kier molecular flexibility index (Phi) is 5.23. The van der Waals surface area contributed by atoms with Crippen LogP contribution in [-0.2, 0) is 9.59 Å². The van der Waals surface area contributed by atoms with Gasteiger partial charge in [0, 0.05) is 11.6 Å². The van der Waals surface area contributed by atoms with E-state index in [1.165, 1.54) is 32.9 Å². The molecule has 1 aromatic carbocycles. The molecule has 0 unspecified atom stereocenters. The number of hydrogen-bond donors (Lipinski definition) is 0. The van der Waals surface area contributed by atoms with Crippen LogP contribution in [0.3, 0.4) is 0 Å². The van der Waals surface area contributed by atoms with Crippen molar-refractivity contribution in [1.82, 2.24) is 0 Å². The lowest BCUT2D eigenvalue weighted by Crippen LogP contribution is -2.09. The predicted molar refractivity (Wildman–Crippen MR) is 68.8 cm³/mol. The maximum atomic E-state index is 11.4. The van der Waals surface area contributed by atoms with Crippen molar-refractivity contribution in [2.75, 3.05) is 13.2 Å². The molecule has 1 aromatic rings. The molecule has 0 amide bonds. The van der Waals surface area contributed by atoms with Gasteiger partial charge in [-0.3, -0.25) is 14.4 Å². The van der Waals surface area contributed by atoms with Gasteiger partial charge in [-0.05, 0) is 32.9 Å². The summed E-state index contributed by atoms with van der Waals surface area (Å²) in [5.74, 6) is 0.322. The van der Waals surface area contributed by atoms with Gasteiger partial charge in [0.2, 0.25) is 0 Å². The van der Waals surface area contributed by atoms with Gasteiger partial charge in [-0.25, -0.2) is 0 Å². The molecule has 0 aliphatic carbocycles.